The number of imide groups is 1. The summed E-state index contributed by atoms with van der Waals surface area (Å²) in [5, 5.41) is 0. The van der Waals surface area contributed by atoms with Crippen LogP contribution in [0.4, 0.5) is 0 Å². The fourth-order valence-electron chi connectivity index (χ4n) is 1.21. The van der Waals surface area contributed by atoms with Gasteiger partial charge in [-0.25, -0.2) is 4.31 Å². The first kappa shape index (κ1) is 10.6. The number of rotatable bonds is 5. The van der Waals surface area contributed by atoms with Crippen molar-refractivity contribution in [1.29, 1.82) is 0 Å². The molecule has 0 bridgehead atoms. The van der Waals surface area contributed by atoms with Gasteiger partial charge in [-0.1, -0.05) is 19.8 Å². The smallest absolute Gasteiger partial charge is 0.239 e. The maximum absolute atomic E-state index is 11.1. The van der Waals surface area contributed by atoms with E-state index in [0.29, 0.717) is 12.8 Å². The number of hydrogen-bond donors (Lipinski definition) is 0. The Morgan fingerprint density at radius 1 is 1.23 bits per heavy atom. The number of nitrogens with zero attached hydrogens (tertiary/aromatic N) is 1. The normalized spacial score (nSPS) is 17.2. The largest absolute Gasteiger partial charge is 0.273 e. The van der Waals surface area contributed by atoms with Crippen LogP contribution >= 0.6 is 11.9 Å². The lowest BCUT2D eigenvalue weighted by Crippen LogP contribution is -2.21. The van der Waals surface area contributed by atoms with Crippen LogP contribution in [0, 0.1) is 0 Å². The molecule has 2 amide bonds. The first-order valence-corrected chi connectivity index (χ1v) is 5.68. The van der Waals surface area contributed by atoms with E-state index in [-0.39, 0.29) is 11.8 Å². The predicted octanol–water partition coefficient (Wildman–Crippen LogP) is 1.97. The standard InChI is InChI=1S/C9H15NO2S/c1-2-3-4-7-13-10-8(11)5-6-9(10)12/h2-7H2,1H3. The van der Waals surface area contributed by atoms with Crippen LogP contribution in [-0.2, 0) is 9.59 Å². The minimum Gasteiger partial charge on any atom is -0.273 e. The van der Waals surface area contributed by atoms with E-state index in [4.69, 9.17) is 0 Å². The van der Waals surface area contributed by atoms with Gasteiger partial charge in [0, 0.05) is 18.6 Å². The molecule has 0 atom stereocenters. The number of amides is 2. The summed E-state index contributed by atoms with van der Waals surface area (Å²) in [7, 11) is 0. The van der Waals surface area contributed by atoms with Gasteiger partial charge in [-0.05, 0) is 18.4 Å². The van der Waals surface area contributed by atoms with E-state index in [1.165, 1.54) is 29.1 Å². The lowest BCUT2D eigenvalue weighted by molar-refractivity contribution is -0.131. The topological polar surface area (TPSA) is 37.4 Å². The van der Waals surface area contributed by atoms with Gasteiger partial charge in [-0.3, -0.25) is 9.59 Å². The number of carbonyl (C=O) groups is 2. The summed E-state index contributed by atoms with van der Waals surface area (Å²) in [5.74, 6) is 0.837. The summed E-state index contributed by atoms with van der Waals surface area (Å²) in [6, 6.07) is 0. The molecule has 0 spiro atoms. The van der Waals surface area contributed by atoms with E-state index in [0.717, 1.165) is 12.2 Å². The molecule has 1 heterocycles. The molecule has 0 unspecified atom stereocenters. The Labute approximate surface area is 83.0 Å². The van der Waals surface area contributed by atoms with Crippen molar-refractivity contribution in [2.75, 3.05) is 5.75 Å². The number of unbranched alkanes of at least 4 members (excludes halogenated alkanes) is 2. The number of carbonyl (C=O) groups excluding carboxylic acids is 2. The van der Waals surface area contributed by atoms with E-state index in [1.807, 2.05) is 0 Å². The number of hydrogen-bond acceptors (Lipinski definition) is 3. The summed E-state index contributed by atoms with van der Waals surface area (Å²) in [4.78, 5) is 22.3. The van der Waals surface area contributed by atoms with Gasteiger partial charge in [0.25, 0.3) is 0 Å². The first-order chi connectivity index (χ1) is 6.25. The van der Waals surface area contributed by atoms with Crippen molar-refractivity contribution in [3.8, 4) is 0 Å². The second kappa shape index (κ2) is 5.27. The van der Waals surface area contributed by atoms with Crippen molar-refractivity contribution in [3.05, 3.63) is 0 Å². The Balaban J connectivity index is 2.20. The Bertz CT molecular complexity index is 190. The minimum absolute atomic E-state index is 0.0218. The Hall–Kier alpha value is -0.510. The fourth-order valence-corrected chi connectivity index (χ4v) is 2.19. The molecule has 0 aromatic carbocycles. The van der Waals surface area contributed by atoms with Crippen LogP contribution in [0.2, 0.25) is 0 Å². The summed E-state index contributed by atoms with van der Waals surface area (Å²) in [6.07, 6.45) is 4.23. The molecular formula is C9H15NO2S. The summed E-state index contributed by atoms with van der Waals surface area (Å²) in [6.45, 7) is 2.14. The predicted molar refractivity (Wildman–Crippen MR) is 53.1 cm³/mol. The second-order valence-corrected chi connectivity index (χ2v) is 4.15. The molecule has 3 nitrogen and oxygen atoms in total. The van der Waals surface area contributed by atoms with E-state index >= 15 is 0 Å². The van der Waals surface area contributed by atoms with Crippen molar-refractivity contribution in [2.45, 2.75) is 39.0 Å². The lowest BCUT2D eigenvalue weighted by atomic mass is 10.3. The third-order valence-electron chi connectivity index (χ3n) is 1.97. The van der Waals surface area contributed by atoms with Crippen molar-refractivity contribution in [3.63, 3.8) is 0 Å². The van der Waals surface area contributed by atoms with Gasteiger partial charge >= 0.3 is 0 Å². The molecule has 1 aliphatic rings. The highest BCUT2D eigenvalue weighted by molar-refractivity contribution is 7.98. The Morgan fingerprint density at radius 2 is 1.85 bits per heavy atom. The highest BCUT2D eigenvalue weighted by Gasteiger charge is 2.28. The highest BCUT2D eigenvalue weighted by Crippen LogP contribution is 2.22. The van der Waals surface area contributed by atoms with Gasteiger partial charge in [0.15, 0.2) is 0 Å². The minimum atomic E-state index is -0.0218. The van der Waals surface area contributed by atoms with Crippen LogP contribution in [0.3, 0.4) is 0 Å². The van der Waals surface area contributed by atoms with Gasteiger partial charge in [0.05, 0.1) is 0 Å². The van der Waals surface area contributed by atoms with Crippen molar-refractivity contribution in [1.82, 2.24) is 4.31 Å². The molecule has 1 rings (SSSR count). The average molecular weight is 201 g/mol. The Morgan fingerprint density at radius 3 is 2.38 bits per heavy atom. The van der Waals surface area contributed by atoms with E-state index < -0.39 is 0 Å². The summed E-state index contributed by atoms with van der Waals surface area (Å²) >= 11 is 1.37. The van der Waals surface area contributed by atoms with Crippen LogP contribution in [0.15, 0.2) is 0 Å². The molecule has 0 aliphatic carbocycles. The van der Waals surface area contributed by atoms with E-state index in [1.54, 1.807) is 0 Å². The summed E-state index contributed by atoms with van der Waals surface area (Å²) in [5.41, 5.74) is 0. The van der Waals surface area contributed by atoms with Gasteiger partial charge < -0.3 is 0 Å². The van der Waals surface area contributed by atoms with E-state index in [2.05, 4.69) is 6.92 Å². The zero-order valence-electron chi connectivity index (χ0n) is 7.91. The lowest BCUT2D eigenvalue weighted by Gasteiger charge is -2.11. The molecule has 0 saturated carbocycles. The van der Waals surface area contributed by atoms with Gasteiger partial charge in [0.1, 0.15) is 0 Å². The molecule has 74 valence electrons. The van der Waals surface area contributed by atoms with Crippen molar-refractivity contribution >= 4 is 23.8 Å². The maximum atomic E-state index is 11.1. The molecule has 1 aliphatic heterocycles. The van der Waals surface area contributed by atoms with Gasteiger partial charge in [-0.2, -0.15) is 0 Å². The molecule has 0 aromatic rings. The molecule has 1 saturated heterocycles. The zero-order valence-corrected chi connectivity index (χ0v) is 8.73. The zero-order chi connectivity index (χ0) is 9.68. The van der Waals surface area contributed by atoms with Crippen LogP contribution < -0.4 is 0 Å². The molecule has 0 radical (unpaired) electrons. The second-order valence-electron chi connectivity index (χ2n) is 3.12. The highest BCUT2D eigenvalue weighted by atomic mass is 32.2. The quantitative estimate of drug-likeness (QED) is 0.388. The van der Waals surface area contributed by atoms with Crippen LogP contribution in [-0.4, -0.2) is 21.9 Å². The Kier molecular flexibility index (Phi) is 4.28. The molecule has 13 heavy (non-hydrogen) atoms. The van der Waals surface area contributed by atoms with Crippen molar-refractivity contribution in [2.24, 2.45) is 0 Å². The van der Waals surface area contributed by atoms with Gasteiger partial charge in [-0.15, -0.1) is 0 Å². The van der Waals surface area contributed by atoms with Crippen LogP contribution in [0.1, 0.15) is 39.0 Å². The van der Waals surface area contributed by atoms with Crippen molar-refractivity contribution < 1.29 is 9.59 Å². The molecule has 4 heteroatoms. The third kappa shape index (κ3) is 3.03. The van der Waals surface area contributed by atoms with Gasteiger partial charge in [0.2, 0.25) is 11.8 Å². The third-order valence-corrected chi connectivity index (χ3v) is 3.11. The summed E-state index contributed by atoms with van der Waals surface area (Å²) < 4.78 is 1.33. The first-order valence-electron chi connectivity index (χ1n) is 4.74. The van der Waals surface area contributed by atoms with Crippen LogP contribution in [0.5, 0.6) is 0 Å². The molecule has 1 fully saturated rings. The molecule has 0 aromatic heterocycles. The molecular weight excluding hydrogens is 186 g/mol. The van der Waals surface area contributed by atoms with E-state index in [9.17, 15) is 9.59 Å². The molecule has 0 N–H and O–H groups in total. The maximum Gasteiger partial charge on any atom is 0.239 e. The monoisotopic (exact) mass is 201 g/mol. The fraction of sp³-hybridized carbons (Fsp3) is 0.778. The average Bonchev–Trinajstić information content (AvgIpc) is 2.42. The van der Waals surface area contributed by atoms with Crippen LogP contribution in [0.25, 0.3) is 0 Å². The SMILES string of the molecule is CCCCCSN1C(=O)CCC1=O.